The standard InChI is InChI=1S/C18H27F3N4/c1-14-5-4-6-16(13-14)7-8-23-17(22-3)25-11-9-24(10-12-25)15(2)18(19,20)21/h4-6,13,15H,7-12H2,1-3H3,(H,22,23). The first-order valence-corrected chi connectivity index (χ1v) is 8.63. The van der Waals surface area contributed by atoms with Crippen molar-refractivity contribution in [2.75, 3.05) is 39.8 Å². The summed E-state index contributed by atoms with van der Waals surface area (Å²) in [5, 5.41) is 3.32. The van der Waals surface area contributed by atoms with Crippen molar-refractivity contribution in [1.29, 1.82) is 0 Å². The molecule has 0 amide bonds. The molecule has 0 bridgehead atoms. The van der Waals surface area contributed by atoms with E-state index in [9.17, 15) is 13.2 Å². The number of nitrogens with zero attached hydrogens (tertiary/aromatic N) is 3. The van der Waals surface area contributed by atoms with Crippen LogP contribution in [0.5, 0.6) is 0 Å². The van der Waals surface area contributed by atoms with Crippen LogP contribution in [0.15, 0.2) is 29.3 Å². The van der Waals surface area contributed by atoms with Crippen LogP contribution in [-0.4, -0.2) is 67.7 Å². The Bertz CT molecular complexity index is 578. The number of hydrogen-bond donors (Lipinski definition) is 1. The predicted octanol–water partition coefficient (Wildman–Crippen LogP) is 2.68. The number of rotatable bonds is 4. The number of alkyl halides is 3. The minimum atomic E-state index is -4.17. The summed E-state index contributed by atoms with van der Waals surface area (Å²) in [6.45, 7) is 5.91. The van der Waals surface area contributed by atoms with Crippen molar-refractivity contribution in [1.82, 2.24) is 15.1 Å². The van der Waals surface area contributed by atoms with Crippen LogP contribution in [0.2, 0.25) is 0 Å². The maximum absolute atomic E-state index is 12.8. The van der Waals surface area contributed by atoms with Gasteiger partial charge in [0.2, 0.25) is 0 Å². The first-order chi connectivity index (χ1) is 11.8. The van der Waals surface area contributed by atoms with Crippen molar-refractivity contribution < 1.29 is 13.2 Å². The van der Waals surface area contributed by atoms with Gasteiger partial charge in [-0.15, -0.1) is 0 Å². The van der Waals surface area contributed by atoms with Crippen LogP contribution in [0.25, 0.3) is 0 Å². The molecule has 1 N–H and O–H groups in total. The summed E-state index contributed by atoms with van der Waals surface area (Å²) in [5.41, 5.74) is 2.49. The average molecular weight is 356 g/mol. The number of hydrogen-bond acceptors (Lipinski definition) is 2. The Kier molecular flexibility index (Phi) is 6.70. The van der Waals surface area contributed by atoms with Crippen LogP contribution in [-0.2, 0) is 6.42 Å². The molecule has 1 aromatic rings. The van der Waals surface area contributed by atoms with E-state index < -0.39 is 12.2 Å². The van der Waals surface area contributed by atoms with Gasteiger partial charge in [-0.3, -0.25) is 9.89 Å². The maximum Gasteiger partial charge on any atom is 0.403 e. The Hall–Kier alpha value is -1.76. The summed E-state index contributed by atoms with van der Waals surface area (Å²) in [6.07, 6.45) is -3.29. The molecule has 7 heteroatoms. The Morgan fingerprint density at radius 2 is 1.92 bits per heavy atom. The van der Waals surface area contributed by atoms with Gasteiger partial charge < -0.3 is 10.2 Å². The third-order valence-corrected chi connectivity index (χ3v) is 4.63. The molecule has 1 aliphatic heterocycles. The van der Waals surface area contributed by atoms with Gasteiger partial charge in [-0.05, 0) is 25.8 Å². The van der Waals surface area contributed by atoms with E-state index in [1.807, 2.05) is 11.0 Å². The van der Waals surface area contributed by atoms with E-state index in [2.05, 4.69) is 35.4 Å². The summed E-state index contributed by atoms with van der Waals surface area (Å²) in [5.74, 6) is 0.756. The lowest BCUT2D eigenvalue weighted by molar-refractivity contribution is -0.181. The second-order valence-electron chi connectivity index (χ2n) is 6.45. The number of halogens is 3. The van der Waals surface area contributed by atoms with Crippen LogP contribution >= 0.6 is 0 Å². The van der Waals surface area contributed by atoms with Crippen LogP contribution in [0.1, 0.15) is 18.1 Å². The number of benzene rings is 1. The zero-order chi connectivity index (χ0) is 18.4. The topological polar surface area (TPSA) is 30.9 Å². The fourth-order valence-electron chi connectivity index (χ4n) is 3.05. The van der Waals surface area contributed by atoms with Crippen molar-refractivity contribution in [3.8, 4) is 0 Å². The van der Waals surface area contributed by atoms with E-state index in [0.29, 0.717) is 26.2 Å². The van der Waals surface area contributed by atoms with E-state index in [1.54, 1.807) is 7.05 Å². The molecule has 1 unspecified atom stereocenters. The third kappa shape index (κ3) is 5.63. The van der Waals surface area contributed by atoms with Crippen molar-refractivity contribution in [3.05, 3.63) is 35.4 Å². The molecule has 1 saturated heterocycles. The molecule has 0 spiro atoms. The van der Waals surface area contributed by atoms with Crippen molar-refractivity contribution in [2.24, 2.45) is 4.99 Å². The summed E-state index contributed by atoms with van der Waals surface area (Å²) >= 11 is 0. The second kappa shape index (κ2) is 8.56. The normalized spacial score (nSPS) is 18.3. The molecular weight excluding hydrogens is 329 g/mol. The molecule has 0 radical (unpaired) electrons. The summed E-state index contributed by atoms with van der Waals surface area (Å²) < 4.78 is 38.5. The SMILES string of the molecule is CN=C(NCCc1cccc(C)c1)N1CCN(C(C)C(F)(F)F)CC1. The van der Waals surface area contributed by atoms with E-state index in [-0.39, 0.29) is 0 Å². The van der Waals surface area contributed by atoms with Gasteiger partial charge in [-0.2, -0.15) is 13.2 Å². The third-order valence-electron chi connectivity index (χ3n) is 4.63. The zero-order valence-electron chi connectivity index (χ0n) is 15.1. The first kappa shape index (κ1) is 19.6. The van der Waals surface area contributed by atoms with Crippen LogP contribution in [0, 0.1) is 6.92 Å². The maximum atomic E-state index is 12.8. The van der Waals surface area contributed by atoms with E-state index in [1.165, 1.54) is 23.0 Å². The van der Waals surface area contributed by atoms with E-state index in [4.69, 9.17) is 0 Å². The fourth-order valence-corrected chi connectivity index (χ4v) is 3.05. The van der Waals surface area contributed by atoms with Gasteiger partial charge in [-0.25, -0.2) is 0 Å². The Balaban J connectivity index is 1.80. The molecule has 25 heavy (non-hydrogen) atoms. The average Bonchev–Trinajstić information content (AvgIpc) is 2.58. The fraction of sp³-hybridized carbons (Fsp3) is 0.611. The lowest BCUT2D eigenvalue weighted by atomic mass is 10.1. The quantitative estimate of drug-likeness (QED) is 0.665. The monoisotopic (exact) mass is 356 g/mol. The predicted molar refractivity (Wildman–Crippen MR) is 94.9 cm³/mol. The lowest BCUT2D eigenvalue weighted by Gasteiger charge is -2.39. The molecular formula is C18H27F3N4. The van der Waals surface area contributed by atoms with Crippen LogP contribution < -0.4 is 5.32 Å². The minimum absolute atomic E-state index is 0.388. The molecule has 0 aromatic heterocycles. The molecule has 1 fully saturated rings. The zero-order valence-corrected chi connectivity index (χ0v) is 15.1. The molecule has 1 atom stereocenters. The van der Waals surface area contributed by atoms with Gasteiger partial charge in [0.25, 0.3) is 0 Å². The molecule has 1 aromatic carbocycles. The molecule has 4 nitrogen and oxygen atoms in total. The van der Waals surface area contributed by atoms with Gasteiger partial charge in [-0.1, -0.05) is 29.8 Å². The number of guanidine groups is 1. The molecule has 140 valence electrons. The van der Waals surface area contributed by atoms with Gasteiger partial charge in [0.15, 0.2) is 5.96 Å². The summed E-state index contributed by atoms with van der Waals surface area (Å²) in [4.78, 5) is 7.78. The summed E-state index contributed by atoms with van der Waals surface area (Å²) in [6, 6.07) is 6.96. The van der Waals surface area contributed by atoms with Crippen molar-refractivity contribution >= 4 is 5.96 Å². The highest BCUT2D eigenvalue weighted by atomic mass is 19.4. The van der Waals surface area contributed by atoms with Gasteiger partial charge >= 0.3 is 6.18 Å². The van der Waals surface area contributed by atoms with Gasteiger partial charge in [0, 0.05) is 39.8 Å². The van der Waals surface area contributed by atoms with Crippen molar-refractivity contribution in [2.45, 2.75) is 32.5 Å². The Morgan fingerprint density at radius 1 is 1.24 bits per heavy atom. The highest BCUT2D eigenvalue weighted by Gasteiger charge is 2.41. The van der Waals surface area contributed by atoms with Gasteiger partial charge in [0.05, 0.1) is 0 Å². The number of aryl methyl sites for hydroxylation is 1. The van der Waals surface area contributed by atoms with E-state index >= 15 is 0 Å². The molecule has 0 aliphatic carbocycles. The number of nitrogens with one attached hydrogen (secondary N) is 1. The number of aliphatic imine (C=N–C) groups is 1. The van der Waals surface area contributed by atoms with Crippen LogP contribution in [0.4, 0.5) is 13.2 Å². The molecule has 0 saturated carbocycles. The second-order valence-corrected chi connectivity index (χ2v) is 6.45. The molecule has 1 heterocycles. The highest BCUT2D eigenvalue weighted by Crippen LogP contribution is 2.25. The largest absolute Gasteiger partial charge is 0.403 e. The smallest absolute Gasteiger partial charge is 0.356 e. The minimum Gasteiger partial charge on any atom is -0.356 e. The number of piperazine rings is 1. The van der Waals surface area contributed by atoms with E-state index in [0.717, 1.165) is 18.9 Å². The highest BCUT2D eigenvalue weighted by molar-refractivity contribution is 5.80. The van der Waals surface area contributed by atoms with Crippen LogP contribution in [0.3, 0.4) is 0 Å². The molecule has 1 aliphatic rings. The Morgan fingerprint density at radius 3 is 2.48 bits per heavy atom. The van der Waals surface area contributed by atoms with Gasteiger partial charge in [0.1, 0.15) is 6.04 Å². The van der Waals surface area contributed by atoms with Crippen molar-refractivity contribution in [3.63, 3.8) is 0 Å². The Labute approximate surface area is 147 Å². The molecule has 2 rings (SSSR count). The summed E-state index contributed by atoms with van der Waals surface area (Å²) in [7, 11) is 1.71. The lowest BCUT2D eigenvalue weighted by Crippen LogP contribution is -2.56. The first-order valence-electron chi connectivity index (χ1n) is 8.63.